The molecule has 0 fully saturated rings. The monoisotopic (exact) mass is 365 g/mol. The van der Waals surface area contributed by atoms with Crippen molar-refractivity contribution in [2.24, 2.45) is 0 Å². The summed E-state index contributed by atoms with van der Waals surface area (Å²) in [6, 6.07) is 38.4. The molecule has 140 valence electrons. The van der Waals surface area contributed by atoms with Crippen LogP contribution in [-0.2, 0) is 0 Å². The van der Waals surface area contributed by atoms with Crippen LogP contribution in [0.3, 0.4) is 0 Å². The minimum Gasteiger partial charge on any atom is -0.310 e. The number of aryl methyl sites for hydroxylation is 1. The highest BCUT2D eigenvalue weighted by atomic mass is 15.1. The van der Waals surface area contributed by atoms with E-state index in [4.69, 9.17) is 0 Å². The third-order valence-electron chi connectivity index (χ3n) is 4.52. The summed E-state index contributed by atoms with van der Waals surface area (Å²) >= 11 is 0. The van der Waals surface area contributed by atoms with E-state index in [9.17, 15) is 0 Å². The lowest BCUT2D eigenvalue weighted by Crippen LogP contribution is -2.09. The third kappa shape index (κ3) is 4.50. The van der Waals surface area contributed by atoms with Crippen molar-refractivity contribution < 1.29 is 0 Å². The lowest BCUT2D eigenvalue weighted by Gasteiger charge is -2.26. The fraction of sp³-hybridized carbons (Fsp3) is 0.111. The minimum atomic E-state index is 1.15. The van der Waals surface area contributed by atoms with Crippen LogP contribution >= 0.6 is 0 Å². The van der Waals surface area contributed by atoms with Crippen LogP contribution in [0, 0.1) is 6.92 Å². The average molecular weight is 366 g/mol. The number of para-hydroxylation sites is 1. The maximum Gasteiger partial charge on any atom is 0.0467 e. The Balaban J connectivity index is 0.00000109. The first-order chi connectivity index (χ1) is 13.8. The van der Waals surface area contributed by atoms with Crippen LogP contribution in [0.2, 0.25) is 0 Å². The smallest absolute Gasteiger partial charge is 0.0467 e. The molecule has 0 N–H and O–H groups in total. The summed E-state index contributed by atoms with van der Waals surface area (Å²) in [7, 11) is 0. The first-order valence-corrected chi connectivity index (χ1v) is 9.88. The van der Waals surface area contributed by atoms with Crippen LogP contribution in [0.15, 0.2) is 109 Å². The predicted octanol–water partition coefficient (Wildman–Crippen LogP) is 8.16. The van der Waals surface area contributed by atoms with Gasteiger partial charge in [0, 0.05) is 17.1 Å². The van der Waals surface area contributed by atoms with Gasteiger partial charge in [-0.15, -0.1) is 0 Å². The average Bonchev–Trinajstić information content (AvgIpc) is 2.78. The number of hydrogen-bond acceptors (Lipinski definition) is 1. The van der Waals surface area contributed by atoms with Crippen molar-refractivity contribution in [2.45, 2.75) is 20.8 Å². The molecule has 0 bridgehead atoms. The Kier molecular flexibility index (Phi) is 6.64. The Labute approximate surface area is 168 Å². The van der Waals surface area contributed by atoms with Gasteiger partial charge in [-0.2, -0.15) is 0 Å². The van der Waals surface area contributed by atoms with Crippen molar-refractivity contribution in [3.63, 3.8) is 0 Å². The van der Waals surface area contributed by atoms with Gasteiger partial charge in [-0.05, 0) is 54.4 Å². The standard InChI is InChI=1S/C25H21N.C2H6/c1-20-15-17-24(18-16-20)26(23-12-6-3-7-13-23)25-14-8-11-22(19-25)21-9-4-2-5-10-21;1-2/h2-19H,1H3;1-2H3. The highest BCUT2D eigenvalue weighted by Gasteiger charge is 2.12. The number of rotatable bonds is 4. The summed E-state index contributed by atoms with van der Waals surface area (Å²) in [6.45, 7) is 6.12. The Hall–Kier alpha value is -3.32. The van der Waals surface area contributed by atoms with Crippen LogP contribution < -0.4 is 4.90 Å². The molecule has 0 spiro atoms. The van der Waals surface area contributed by atoms with Gasteiger partial charge in [0.2, 0.25) is 0 Å². The van der Waals surface area contributed by atoms with Gasteiger partial charge >= 0.3 is 0 Å². The van der Waals surface area contributed by atoms with Crippen LogP contribution in [0.25, 0.3) is 11.1 Å². The van der Waals surface area contributed by atoms with Gasteiger partial charge in [-0.25, -0.2) is 0 Å². The normalized spacial score (nSPS) is 9.96. The zero-order chi connectivity index (χ0) is 19.8. The first-order valence-electron chi connectivity index (χ1n) is 9.88. The SMILES string of the molecule is CC.Cc1ccc(N(c2ccccc2)c2cccc(-c3ccccc3)c2)cc1. The van der Waals surface area contributed by atoms with Gasteiger partial charge in [-0.3, -0.25) is 0 Å². The molecule has 0 aromatic heterocycles. The van der Waals surface area contributed by atoms with E-state index < -0.39 is 0 Å². The molecule has 0 aliphatic carbocycles. The van der Waals surface area contributed by atoms with E-state index in [-0.39, 0.29) is 0 Å². The molecule has 1 nitrogen and oxygen atoms in total. The van der Waals surface area contributed by atoms with E-state index >= 15 is 0 Å². The largest absolute Gasteiger partial charge is 0.310 e. The number of anilines is 3. The van der Waals surface area contributed by atoms with Crippen LogP contribution in [0.1, 0.15) is 19.4 Å². The Morgan fingerprint density at radius 3 is 1.61 bits per heavy atom. The zero-order valence-electron chi connectivity index (χ0n) is 16.8. The maximum absolute atomic E-state index is 2.30. The van der Waals surface area contributed by atoms with E-state index in [0.29, 0.717) is 0 Å². The maximum atomic E-state index is 2.30. The van der Waals surface area contributed by atoms with E-state index in [1.807, 2.05) is 13.8 Å². The zero-order valence-corrected chi connectivity index (χ0v) is 16.8. The summed E-state index contributed by atoms with van der Waals surface area (Å²) in [5.41, 5.74) is 7.18. The molecule has 4 rings (SSSR count). The van der Waals surface area contributed by atoms with Gasteiger partial charge in [-0.1, -0.05) is 92.2 Å². The van der Waals surface area contributed by atoms with Gasteiger partial charge in [0.25, 0.3) is 0 Å². The highest BCUT2D eigenvalue weighted by molar-refractivity contribution is 5.79. The second-order valence-electron chi connectivity index (χ2n) is 6.42. The molecule has 4 aromatic rings. The quantitative estimate of drug-likeness (QED) is 0.352. The summed E-state index contributed by atoms with van der Waals surface area (Å²) in [5, 5.41) is 0. The summed E-state index contributed by atoms with van der Waals surface area (Å²) in [4.78, 5) is 2.30. The number of hydrogen-bond donors (Lipinski definition) is 0. The fourth-order valence-electron chi connectivity index (χ4n) is 3.17. The molecule has 0 aliphatic rings. The first kappa shape index (κ1) is 19.4. The molecule has 28 heavy (non-hydrogen) atoms. The summed E-state index contributed by atoms with van der Waals surface area (Å²) in [6.07, 6.45) is 0. The van der Waals surface area contributed by atoms with E-state index in [1.165, 1.54) is 16.7 Å². The van der Waals surface area contributed by atoms with Crippen molar-refractivity contribution in [2.75, 3.05) is 4.90 Å². The van der Waals surface area contributed by atoms with E-state index in [1.54, 1.807) is 0 Å². The van der Waals surface area contributed by atoms with Gasteiger partial charge in [0.1, 0.15) is 0 Å². The number of nitrogens with zero attached hydrogens (tertiary/aromatic N) is 1. The fourth-order valence-corrected chi connectivity index (χ4v) is 3.17. The van der Waals surface area contributed by atoms with Crippen LogP contribution in [0.4, 0.5) is 17.1 Å². The molecule has 1 heteroatoms. The molecule has 0 heterocycles. The highest BCUT2D eigenvalue weighted by Crippen LogP contribution is 2.36. The van der Waals surface area contributed by atoms with Crippen LogP contribution in [-0.4, -0.2) is 0 Å². The predicted molar refractivity (Wildman–Crippen MR) is 123 cm³/mol. The second-order valence-corrected chi connectivity index (χ2v) is 6.42. The Morgan fingerprint density at radius 2 is 0.964 bits per heavy atom. The molecule has 0 unspecified atom stereocenters. The topological polar surface area (TPSA) is 3.24 Å². The summed E-state index contributed by atoms with van der Waals surface area (Å²) in [5.74, 6) is 0. The number of benzene rings is 4. The Morgan fingerprint density at radius 1 is 0.464 bits per heavy atom. The van der Waals surface area contributed by atoms with Crippen molar-refractivity contribution >= 4 is 17.1 Å². The molecule has 4 aromatic carbocycles. The molecule has 0 radical (unpaired) electrons. The lowest BCUT2D eigenvalue weighted by molar-refractivity contribution is 1.27. The van der Waals surface area contributed by atoms with Gasteiger partial charge in [0.15, 0.2) is 0 Å². The summed E-state index contributed by atoms with van der Waals surface area (Å²) < 4.78 is 0. The molecular weight excluding hydrogens is 338 g/mol. The second kappa shape index (κ2) is 9.57. The van der Waals surface area contributed by atoms with Crippen molar-refractivity contribution in [3.05, 3.63) is 115 Å². The van der Waals surface area contributed by atoms with E-state index in [2.05, 4.69) is 121 Å². The van der Waals surface area contributed by atoms with Gasteiger partial charge in [0.05, 0.1) is 0 Å². The molecule has 0 aliphatic heterocycles. The lowest BCUT2D eigenvalue weighted by atomic mass is 10.0. The molecule has 0 atom stereocenters. The Bertz CT molecular complexity index is 973. The third-order valence-corrected chi connectivity index (χ3v) is 4.52. The van der Waals surface area contributed by atoms with Gasteiger partial charge < -0.3 is 4.90 Å². The van der Waals surface area contributed by atoms with Crippen molar-refractivity contribution in [3.8, 4) is 11.1 Å². The molecule has 0 saturated carbocycles. The van der Waals surface area contributed by atoms with E-state index in [0.717, 1.165) is 17.1 Å². The minimum absolute atomic E-state index is 1.15. The van der Waals surface area contributed by atoms with Crippen molar-refractivity contribution in [1.29, 1.82) is 0 Å². The van der Waals surface area contributed by atoms with Crippen molar-refractivity contribution in [1.82, 2.24) is 0 Å². The molecule has 0 saturated heterocycles. The van der Waals surface area contributed by atoms with Crippen LogP contribution in [0.5, 0.6) is 0 Å². The molecular formula is C27H27N. The molecule has 0 amide bonds.